The van der Waals surface area contributed by atoms with Crippen molar-refractivity contribution in [3.05, 3.63) is 17.0 Å². The highest BCUT2D eigenvalue weighted by atomic mass is 16.5. The van der Waals surface area contributed by atoms with E-state index < -0.39 is 0 Å². The summed E-state index contributed by atoms with van der Waals surface area (Å²) in [5.74, 6) is 0.378. The van der Waals surface area contributed by atoms with Gasteiger partial charge in [-0.25, -0.2) is 0 Å². The second-order valence-corrected chi connectivity index (χ2v) is 6.68. The number of aliphatic hydroxyl groups is 1. The van der Waals surface area contributed by atoms with Crippen molar-refractivity contribution in [3.63, 3.8) is 0 Å². The quantitative estimate of drug-likeness (QED) is 0.923. The Morgan fingerprint density at radius 3 is 2.75 bits per heavy atom. The summed E-state index contributed by atoms with van der Waals surface area (Å²) in [6.45, 7) is 4.93. The number of nitrogens with zero attached hydrogens (tertiary/aromatic N) is 2. The lowest BCUT2D eigenvalue weighted by Gasteiger charge is -2.48. The molecule has 2 atom stereocenters. The van der Waals surface area contributed by atoms with Gasteiger partial charge in [-0.3, -0.25) is 4.68 Å². The van der Waals surface area contributed by atoms with Crippen LogP contribution in [-0.4, -0.2) is 33.2 Å². The summed E-state index contributed by atoms with van der Waals surface area (Å²) in [5.41, 5.74) is 3.55. The molecule has 1 aliphatic heterocycles. The minimum atomic E-state index is -0.266. The number of hydrogen-bond donors (Lipinski definition) is 1. The van der Waals surface area contributed by atoms with Gasteiger partial charge in [0.1, 0.15) is 0 Å². The van der Waals surface area contributed by atoms with Gasteiger partial charge in [0.2, 0.25) is 0 Å². The molecule has 0 bridgehead atoms. The van der Waals surface area contributed by atoms with Gasteiger partial charge < -0.3 is 9.84 Å². The van der Waals surface area contributed by atoms with Gasteiger partial charge in [-0.05, 0) is 57.4 Å². The van der Waals surface area contributed by atoms with Crippen LogP contribution in [0.3, 0.4) is 0 Å². The topological polar surface area (TPSA) is 47.3 Å². The van der Waals surface area contributed by atoms with E-state index in [0.29, 0.717) is 5.92 Å². The van der Waals surface area contributed by atoms with Crippen molar-refractivity contribution in [2.75, 3.05) is 6.61 Å². The molecule has 1 N–H and O–H groups in total. The van der Waals surface area contributed by atoms with Crippen molar-refractivity contribution in [3.8, 4) is 0 Å². The fourth-order valence-electron chi connectivity index (χ4n) is 3.80. The standard InChI is InChI=1S/C16H26N2O2/c1-11-14(12(2)18(3)17-11)9-15(19)13-5-8-20-16(10-13)6-4-7-16/h13,15,19H,4-10H2,1-3H3. The molecule has 2 fully saturated rings. The first-order valence-corrected chi connectivity index (χ1v) is 7.82. The van der Waals surface area contributed by atoms with E-state index in [1.165, 1.54) is 30.5 Å². The lowest BCUT2D eigenvalue weighted by atomic mass is 9.70. The van der Waals surface area contributed by atoms with Gasteiger partial charge in [-0.1, -0.05) is 0 Å². The summed E-state index contributed by atoms with van der Waals surface area (Å²) in [6.07, 6.45) is 6.13. The highest BCUT2D eigenvalue weighted by Crippen LogP contribution is 2.45. The molecule has 1 saturated heterocycles. The van der Waals surface area contributed by atoms with E-state index in [1.807, 2.05) is 18.7 Å². The highest BCUT2D eigenvalue weighted by Gasteiger charge is 2.44. The van der Waals surface area contributed by atoms with E-state index >= 15 is 0 Å². The van der Waals surface area contributed by atoms with Crippen LogP contribution in [0.15, 0.2) is 0 Å². The zero-order valence-corrected chi connectivity index (χ0v) is 12.9. The van der Waals surface area contributed by atoms with Gasteiger partial charge in [0.15, 0.2) is 0 Å². The Morgan fingerprint density at radius 2 is 2.20 bits per heavy atom. The van der Waals surface area contributed by atoms with Crippen LogP contribution in [0.5, 0.6) is 0 Å². The SMILES string of the molecule is Cc1nn(C)c(C)c1CC(O)C1CCOC2(CCC2)C1. The largest absolute Gasteiger partial charge is 0.392 e. The molecule has 0 amide bonds. The smallest absolute Gasteiger partial charge is 0.0686 e. The van der Waals surface area contributed by atoms with Crippen LogP contribution in [0.2, 0.25) is 0 Å². The molecule has 20 heavy (non-hydrogen) atoms. The second-order valence-electron chi connectivity index (χ2n) is 6.68. The maximum absolute atomic E-state index is 10.6. The van der Waals surface area contributed by atoms with Crippen molar-refractivity contribution in [2.45, 2.75) is 64.1 Å². The van der Waals surface area contributed by atoms with Crippen molar-refractivity contribution >= 4 is 0 Å². The molecule has 0 aromatic carbocycles. The Balaban J connectivity index is 1.68. The highest BCUT2D eigenvalue weighted by molar-refractivity contribution is 5.25. The van der Waals surface area contributed by atoms with E-state index in [-0.39, 0.29) is 11.7 Å². The van der Waals surface area contributed by atoms with E-state index in [9.17, 15) is 5.11 Å². The van der Waals surface area contributed by atoms with E-state index in [1.54, 1.807) is 0 Å². The molecular formula is C16H26N2O2. The van der Waals surface area contributed by atoms with Crippen molar-refractivity contribution < 1.29 is 9.84 Å². The van der Waals surface area contributed by atoms with Crippen LogP contribution in [0.25, 0.3) is 0 Å². The zero-order valence-electron chi connectivity index (χ0n) is 12.9. The molecule has 4 heteroatoms. The molecule has 2 heterocycles. The Bertz CT molecular complexity index is 491. The Labute approximate surface area is 121 Å². The fraction of sp³-hybridized carbons (Fsp3) is 0.812. The lowest BCUT2D eigenvalue weighted by molar-refractivity contribution is -0.156. The van der Waals surface area contributed by atoms with Gasteiger partial charge in [0, 0.05) is 25.8 Å². The Morgan fingerprint density at radius 1 is 1.45 bits per heavy atom. The number of rotatable bonds is 3. The summed E-state index contributed by atoms with van der Waals surface area (Å²) in [5, 5.41) is 15.1. The first-order valence-electron chi connectivity index (χ1n) is 7.82. The molecule has 1 spiro atoms. The average molecular weight is 278 g/mol. The van der Waals surface area contributed by atoms with Crippen LogP contribution in [0, 0.1) is 19.8 Å². The average Bonchev–Trinajstić information content (AvgIpc) is 2.64. The first kappa shape index (κ1) is 14.1. The van der Waals surface area contributed by atoms with Gasteiger partial charge in [0.05, 0.1) is 17.4 Å². The van der Waals surface area contributed by atoms with E-state index in [4.69, 9.17) is 4.74 Å². The number of aryl methyl sites for hydroxylation is 2. The van der Waals surface area contributed by atoms with E-state index in [0.717, 1.165) is 31.6 Å². The normalized spacial score (nSPS) is 26.5. The van der Waals surface area contributed by atoms with Gasteiger partial charge in [-0.15, -0.1) is 0 Å². The molecule has 1 saturated carbocycles. The van der Waals surface area contributed by atoms with Gasteiger partial charge in [0.25, 0.3) is 0 Å². The summed E-state index contributed by atoms with van der Waals surface area (Å²) >= 11 is 0. The summed E-state index contributed by atoms with van der Waals surface area (Å²) in [4.78, 5) is 0. The van der Waals surface area contributed by atoms with Crippen molar-refractivity contribution in [1.82, 2.24) is 9.78 Å². The zero-order chi connectivity index (χ0) is 14.3. The van der Waals surface area contributed by atoms with Crippen LogP contribution in [0.4, 0.5) is 0 Å². The molecule has 112 valence electrons. The van der Waals surface area contributed by atoms with Crippen LogP contribution in [-0.2, 0) is 18.2 Å². The lowest BCUT2D eigenvalue weighted by Crippen LogP contribution is -2.48. The molecule has 2 aliphatic rings. The number of aromatic nitrogens is 2. The predicted molar refractivity (Wildman–Crippen MR) is 77.7 cm³/mol. The van der Waals surface area contributed by atoms with Gasteiger partial charge in [-0.2, -0.15) is 5.10 Å². The molecule has 2 unspecified atom stereocenters. The molecule has 1 aromatic heterocycles. The summed E-state index contributed by atoms with van der Waals surface area (Å²) < 4.78 is 7.87. The van der Waals surface area contributed by atoms with Crippen molar-refractivity contribution in [1.29, 1.82) is 0 Å². The van der Waals surface area contributed by atoms with E-state index in [2.05, 4.69) is 12.0 Å². The minimum absolute atomic E-state index is 0.114. The molecule has 3 rings (SSSR count). The van der Waals surface area contributed by atoms with Crippen LogP contribution < -0.4 is 0 Å². The second kappa shape index (κ2) is 5.15. The summed E-state index contributed by atoms with van der Waals surface area (Å²) in [7, 11) is 1.97. The third kappa shape index (κ3) is 2.40. The predicted octanol–water partition coefficient (Wildman–Crippen LogP) is 2.29. The number of hydrogen-bond acceptors (Lipinski definition) is 3. The number of aliphatic hydroxyl groups excluding tert-OH is 1. The summed E-state index contributed by atoms with van der Waals surface area (Å²) in [6, 6.07) is 0. The van der Waals surface area contributed by atoms with Crippen LogP contribution >= 0.6 is 0 Å². The van der Waals surface area contributed by atoms with Crippen LogP contribution in [0.1, 0.15) is 49.1 Å². The maximum atomic E-state index is 10.6. The van der Waals surface area contributed by atoms with Crippen molar-refractivity contribution in [2.24, 2.45) is 13.0 Å². The third-order valence-corrected chi connectivity index (χ3v) is 5.41. The maximum Gasteiger partial charge on any atom is 0.0686 e. The monoisotopic (exact) mass is 278 g/mol. The molecule has 0 radical (unpaired) electrons. The van der Waals surface area contributed by atoms with Gasteiger partial charge >= 0.3 is 0 Å². The first-order chi connectivity index (χ1) is 9.51. The Kier molecular flexibility index (Phi) is 3.63. The molecule has 4 nitrogen and oxygen atoms in total. The Hall–Kier alpha value is -0.870. The minimum Gasteiger partial charge on any atom is -0.392 e. The molecule has 1 aromatic rings. The number of ether oxygens (including phenoxy) is 1. The third-order valence-electron chi connectivity index (χ3n) is 5.41. The molecule has 1 aliphatic carbocycles. The fourth-order valence-corrected chi connectivity index (χ4v) is 3.80. The molecular weight excluding hydrogens is 252 g/mol.